The smallest absolute Gasteiger partial charge is 0.193 e. The summed E-state index contributed by atoms with van der Waals surface area (Å²) in [7, 11) is -3.78. The monoisotopic (exact) mass is 490 g/mol. The number of benzene rings is 1. The third kappa shape index (κ3) is 4.82. The molecule has 168 valence electrons. The van der Waals surface area contributed by atoms with Crippen molar-refractivity contribution in [2.45, 2.75) is 24.5 Å². The molecule has 1 saturated heterocycles. The third-order valence-electron chi connectivity index (χ3n) is 5.67. The molecule has 0 bridgehead atoms. The topological polar surface area (TPSA) is 81.2 Å². The zero-order chi connectivity index (χ0) is 22.9. The van der Waals surface area contributed by atoms with Gasteiger partial charge < -0.3 is 14.8 Å². The van der Waals surface area contributed by atoms with E-state index in [-0.39, 0.29) is 20.7 Å². The third-order valence-corrected chi connectivity index (χ3v) is 8.22. The van der Waals surface area contributed by atoms with Gasteiger partial charge >= 0.3 is 0 Å². The maximum absolute atomic E-state index is 13.2. The quantitative estimate of drug-likeness (QED) is 0.523. The Morgan fingerprint density at radius 3 is 2.34 bits per heavy atom. The maximum atomic E-state index is 13.2. The molecule has 1 aliphatic rings. The summed E-state index contributed by atoms with van der Waals surface area (Å²) < 4.78 is 26.5. The molecule has 1 N–H and O–H groups in total. The number of halogens is 2. The normalized spacial score (nSPS) is 16.1. The largest absolute Gasteiger partial charge is 0.610 e. The first-order valence-corrected chi connectivity index (χ1v) is 12.7. The van der Waals surface area contributed by atoms with Crippen LogP contribution in [0.4, 0.5) is 5.82 Å². The highest BCUT2D eigenvalue weighted by molar-refractivity contribution is 7.97. The van der Waals surface area contributed by atoms with E-state index in [0.29, 0.717) is 11.3 Å². The average Bonchev–Trinajstić information content (AvgIpc) is 2.76. The minimum atomic E-state index is -3.78. The number of hydrogen-bond donors (Lipinski definition) is 1. The van der Waals surface area contributed by atoms with E-state index >= 15 is 0 Å². The van der Waals surface area contributed by atoms with Gasteiger partial charge in [-0.15, -0.1) is 4.21 Å². The number of aromatic nitrogens is 2. The van der Waals surface area contributed by atoms with Crippen LogP contribution in [-0.4, -0.2) is 40.7 Å². The van der Waals surface area contributed by atoms with E-state index in [1.165, 1.54) is 0 Å². The molecule has 0 amide bonds. The first kappa shape index (κ1) is 23.1. The standard InChI is InChI=1S/C23H24Cl2N4O2S/c1-15-3-5-27-16(2)19(15)14-32(30,31)23-20(24)11-18(12-21(23)25)17-4-6-28-22(13-17)29-9-7-26-8-10-29/h3-6,11-13,26H,7-10,14H2,1-2H3. The molecule has 1 unspecified atom stereocenters. The number of hydrogen-bond acceptors (Lipinski definition) is 6. The lowest BCUT2D eigenvalue weighted by atomic mass is 10.1. The van der Waals surface area contributed by atoms with E-state index in [4.69, 9.17) is 23.2 Å². The summed E-state index contributed by atoms with van der Waals surface area (Å²) in [6, 6.07) is 8.94. The zero-order valence-electron chi connectivity index (χ0n) is 17.9. The lowest BCUT2D eigenvalue weighted by Gasteiger charge is -2.28. The number of nitrogens with one attached hydrogen (secondary N) is 1. The van der Waals surface area contributed by atoms with Crippen molar-refractivity contribution < 1.29 is 8.76 Å². The molecular weight excluding hydrogens is 467 g/mol. The summed E-state index contributed by atoms with van der Waals surface area (Å²) in [6.07, 6.45) is 3.41. The van der Waals surface area contributed by atoms with E-state index in [1.807, 2.05) is 19.1 Å². The molecule has 0 spiro atoms. The Kier molecular flexibility index (Phi) is 6.83. The molecule has 3 aromatic rings. The van der Waals surface area contributed by atoms with E-state index in [0.717, 1.165) is 48.7 Å². The molecule has 6 nitrogen and oxygen atoms in total. The van der Waals surface area contributed by atoms with Gasteiger partial charge in [-0.05, 0) is 60.9 Å². The molecule has 9 heteroatoms. The number of piperazine rings is 1. The first-order valence-electron chi connectivity index (χ1n) is 10.3. The number of rotatable bonds is 5. The van der Waals surface area contributed by atoms with Gasteiger partial charge in [-0.2, -0.15) is 0 Å². The Bertz CT molecular complexity index is 1160. The number of sulfone groups is 1. The van der Waals surface area contributed by atoms with Gasteiger partial charge in [-0.25, -0.2) is 4.98 Å². The predicted octanol–water partition coefficient (Wildman–Crippen LogP) is 4.67. The highest BCUT2D eigenvalue weighted by Gasteiger charge is 2.30. The number of pyridine rings is 2. The second kappa shape index (κ2) is 9.45. The molecule has 1 atom stereocenters. The van der Waals surface area contributed by atoms with Crippen molar-refractivity contribution in [1.29, 1.82) is 0 Å². The summed E-state index contributed by atoms with van der Waals surface area (Å²) >= 11 is 13.0. The van der Waals surface area contributed by atoms with Crippen LogP contribution in [0.25, 0.3) is 11.1 Å². The summed E-state index contributed by atoms with van der Waals surface area (Å²) in [4.78, 5) is 10.9. The van der Waals surface area contributed by atoms with Crippen LogP contribution in [0.5, 0.6) is 0 Å². The molecule has 0 radical (unpaired) electrons. The fourth-order valence-corrected chi connectivity index (χ4v) is 6.76. The van der Waals surface area contributed by atoms with Gasteiger partial charge in [0.1, 0.15) is 11.6 Å². The lowest BCUT2D eigenvalue weighted by molar-refractivity contribution is 0.476. The predicted molar refractivity (Wildman–Crippen MR) is 129 cm³/mol. The SMILES string of the molecule is Cc1ccnc(C)c1C[S+](=O)([O-])c1c(Cl)cc(-c2ccnc(N3CCNCC3)c2)cc1Cl. The van der Waals surface area contributed by atoms with Crippen LogP contribution < -0.4 is 10.2 Å². The first-order chi connectivity index (χ1) is 15.3. The molecule has 0 aliphatic carbocycles. The minimum absolute atomic E-state index is 0.0522. The van der Waals surface area contributed by atoms with E-state index in [9.17, 15) is 8.76 Å². The molecule has 1 fully saturated rings. The van der Waals surface area contributed by atoms with Crippen molar-refractivity contribution in [3.8, 4) is 11.1 Å². The summed E-state index contributed by atoms with van der Waals surface area (Å²) in [5.41, 5.74) is 3.82. The van der Waals surface area contributed by atoms with Crippen molar-refractivity contribution in [3.05, 3.63) is 69.6 Å². The Labute approximate surface area is 199 Å². The van der Waals surface area contributed by atoms with Crippen molar-refractivity contribution in [1.82, 2.24) is 15.3 Å². The Hall–Kier alpha value is -2.03. The van der Waals surface area contributed by atoms with Gasteiger partial charge in [0.25, 0.3) is 0 Å². The van der Waals surface area contributed by atoms with Crippen LogP contribution in [0.15, 0.2) is 47.6 Å². The molecule has 32 heavy (non-hydrogen) atoms. The molecule has 4 rings (SSSR count). The van der Waals surface area contributed by atoms with Crippen LogP contribution >= 0.6 is 23.2 Å². The van der Waals surface area contributed by atoms with Crippen LogP contribution in [0.3, 0.4) is 0 Å². The summed E-state index contributed by atoms with van der Waals surface area (Å²) in [5.74, 6) is 0.662. The zero-order valence-corrected chi connectivity index (χ0v) is 20.2. The van der Waals surface area contributed by atoms with Crippen LogP contribution in [0, 0.1) is 13.8 Å². The van der Waals surface area contributed by atoms with Crippen molar-refractivity contribution in [2.24, 2.45) is 0 Å². The molecule has 1 aromatic carbocycles. The van der Waals surface area contributed by atoms with Crippen molar-refractivity contribution in [2.75, 3.05) is 31.1 Å². The second-order valence-electron chi connectivity index (χ2n) is 7.86. The average molecular weight is 491 g/mol. The number of nitrogens with zero attached hydrogens (tertiary/aromatic N) is 3. The van der Waals surface area contributed by atoms with Gasteiger partial charge in [0.2, 0.25) is 0 Å². The van der Waals surface area contributed by atoms with Crippen LogP contribution in [-0.2, 0) is 20.2 Å². The van der Waals surface area contributed by atoms with Gasteiger partial charge in [0, 0.05) is 49.8 Å². The summed E-state index contributed by atoms with van der Waals surface area (Å²) in [5, 5.41) is 3.53. The van der Waals surface area contributed by atoms with Gasteiger partial charge in [-0.1, -0.05) is 23.2 Å². The van der Waals surface area contributed by atoms with Crippen molar-refractivity contribution >= 4 is 39.2 Å². The highest BCUT2D eigenvalue weighted by Crippen LogP contribution is 2.39. The van der Waals surface area contributed by atoms with Crippen LogP contribution in [0.1, 0.15) is 16.8 Å². The van der Waals surface area contributed by atoms with Gasteiger partial charge in [-0.3, -0.25) is 4.98 Å². The molecular formula is C23H24Cl2N4O2S. The van der Waals surface area contributed by atoms with Gasteiger partial charge in [0.05, 0.1) is 20.3 Å². The van der Waals surface area contributed by atoms with E-state index in [2.05, 4.69) is 20.2 Å². The molecule has 1 aliphatic heterocycles. The molecule has 2 aromatic heterocycles. The fraction of sp³-hybridized carbons (Fsp3) is 0.304. The maximum Gasteiger partial charge on any atom is 0.193 e. The Balaban J connectivity index is 1.67. The fourth-order valence-electron chi connectivity index (χ4n) is 3.89. The minimum Gasteiger partial charge on any atom is -0.610 e. The van der Waals surface area contributed by atoms with E-state index in [1.54, 1.807) is 37.5 Å². The number of anilines is 1. The summed E-state index contributed by atoms with van der Waals surface area (Å²) in [6.45, 7) is 7.23. The molecule has 0 saturated carbocycles. The highest BCUT2D eigenvalue weighted by atomic mass is 35.5. The lowest BCUT2D eigenvalue weighted by Crippen LogP contribution is -2.43. The Morgan fingerprint density at radius 2 is 1.69 bits per heavy atom. The van der Waals surface area contributed by atoms with E-state index < -0.39 is 10.2 Å². The van der Waals surface area contributed by atoms with Crippen LogP contribution in [0.2, 0.25) is 10.0 Å². The number of aryl methyl sites for hydroxylation is 2. The van der Waals surface area contributed by atoms with Crippen molar-refractivity contribution in [3.63, 3.8) is 0 Å². The molecule has 3 heterocycles. The van der Waals surface area contributed by atoms with Gasteiger partial charge in [0.15, 0.2) is 4.90 Å². The second-order valence-corrected chi connectivity index (χ2v) is 10.6. The Morgan fingerprint density at radius 1 is 1.03 bits per heavy atom.